The van der Waals surface area contributed by atoms with Crippen LogP contribution in [0.2, 0.25) is 5.02 Å². The maximum absolute atomic E-state index is 14.9. The van der Waals surface area contributed by atoms with E-state index in [1.54, 1.807) is 48.6 Å². The molecule has 10 nitrogen and oxygen atoms in total. The lowest BCUT2D eigenvalue weighted by Gasteiger charge is -2.38. The van der Waals surface area contributed by atoms with E-state index in [1.165, 1.54) is 9.80 Å². The average Bonchev–Trinajstić information content (AvgIpc) is 3.65. The van der Waals surface area contributed by atoms with E-state index in [1.807, 2.05) is 31.2 Å². The van der Waals surface area contributed by atoms with Crippen LogP contribution in [0.5, 0.6) is 0 Å². The van der Waals surface area contributed by atoms with Crippen LogP contribution >= 0.6 is 27.5 Å². The second-order valence-electron chi connectivity index (χ2n) is 11.9. The molecular weight excluding hydrogens is 678 g/mol. The molecule has 6 rings (SSSR count). The van der Waals surface area contributed by atoms with E-state index in [0.29, 0.717) is 33.6 Å². The molecule has 0 radical (unpaired) electrons. The smallest absolute Gasteiger partial charge is 0.313 e. The van der Waals surface area contributed by atoms with Crippen LogP contribution in [-0.4, -0.2) is 77.2 Å². The van der Waals surface area contributed by atoms with Crippen molar-refractivity contribution in [3.63, 3.8) is 0 Å². The van der Waals surface area contributed by atoms with E-state index in [9.17, 15) is 24.3 Å². The second kappa shape index (κ2) is 13.3. The van der Waals surface area contributed by atoms with Crippen molar-refractivity contribution in [3.05, 3.63) is 87.9 Å². The van der Waals surface area contributed by atoms with Crippen molar-refractivity contribution in [1.29, 1.82) is 0 Å². The maximum Gasteiger partial charge on any atom is 0.313 e. The molecule has 46 heavy (non-hydrogen) atoms. The lowest BCUT2D eigenvalue weighted by Crippen LogP contribution is -2.58. The van der Waals surface area contributed by atoms with E-state index >= 15 is 0 Å². The lowest BCUT2D eigenvalue weighted by atomic mass is 9.74. The number of nitrogens with zero attached hydrogens (tertiary/aromatic N) is 2. The summed E-state index contributed by atoms with van der Waals surface area (Å²) in [6.07, 6.45) is 4.66. The third kappa shape index (κ3) is 5.67. The van der Waals surface area contributed by atoms with E-state index in [2.05, 4.69) is 21.2 Å². The van der Waals surface area contributed by atoms with Gasteiger partial charge in [0.2, 0.25) is 11.8 Å². The molecule has 0 saturated carbocycles. The number of carbonyl (C=O) groups is 4. The zero-order valence-electron chi connectivity index (χ0n) is 25.2. The van der Waals surface area contributed by atoms with E-state index in [0.717, 1.165) is 0 Å². The summed E-state index contributed by atoms with van der Waals surface area (Å²) in [5, 5.41) is 13.8. The topological polar surface area (TPSA) is 125 Å². The molecule has 2 aromatic carbocycles. The predicted molar refractivity (Wildman–Crippen MR) is 174 cm³/mol. The summed E-state index contributed by atoms with van der Waals surface area (Å²) in [5.74, 6) is -3.95. The molecule has 2 saturated heterocycles. The highest BCUT2D eigenvalue weighted by molar-refractivity contribution is 9.11. The number of nitrogens with one attached hydrogen (secondary N) is 1. The molecule has 7 atom stereocenters. The molecule has 4 heterocycles. The van der Waals surface area contributed by atoms with Gasteiger partial charge in [0.15, 0.2) is 0 Å². The molecule has 0 aromatic heterocycles. The van der Waals surface area contributed by atoms with Crippen molar-refractivity contribution >= 4 is 56.9 Å². The van der Waals surface area contributed by atoms with E-state index < -0.39 is 59.5 Å². The molecule has 2 N–H and O–H groups in total. The number of carbonyl (C=O) groups excluding carboxylic acids is 4. The Labute approximate surface area is 280 Å². The Hall–Kier alpha value is -3.51. The number of aliphatic hydroxyl groups excluding tert-OH is 1. The number of rotatable bonds is 5. The van der Waals surface area contributed by atoms with Crippen molar-refractivity contribution in [3.8, 4) is 0 Å². The minimum Gasteiger partial charge on any atom is -0.455 e. The third-order valence-electron chi connectivity index (χ3n) is 9.26. The first-order chi connectivity index (χ1) is 22.2. The fourth-order valence-corrected chi connectivity index (χ4v) is 7.89. The molecular formula is C34H35BrClN3O7. The number of ether oxygens (including phenoxy) is 2. The fraction of sp³-hybridized carbons (Fsp3) is 0.412. The number of anilines is 1. The average molecular weight is 713 g/mol. The molecule has 4 aliphatic heterocycles. The van der Waals surface area contributed by atoms with Gasteiger partial charge in [0.25, 0.3) is 5.91 Å². The molecule has 1 spiro atoms. The molecule has 2 aromatic rings. The summed E-state index contributed by atoms with van der Waals surface area (Å²) in [5.41, 5.74) is -0.279. The van der Waals surface area contributed by atoms with Gasteiger partial charge in [-0.25, -0.2) is 0 Å². The summed E-state index contributed by atoms with van der Waals surface area (Å²) in [4.78, 5) is 59.2. The molecule has 0 unspecified atom stereocenters. The minimum atomic E-state index is -1.50. The first kappa shape index (κ1) is 32.4. The van der Waals surface area contributed by atoms with Gasteiger partial charge in [0.1, 0.15) is 29.8 Å². The van der Waals surface area contributed by atoms with Gasteiger partial charge < -0.3 is 29.7 Å². The highest BCUT2D eigenvalue weighted by Crippen LogP contribution is 2.59. The Morgan fingerprint density at radius 1 is 1.07 bits per heavy atom. The number of likely N-dealkylation sites (tertiary alicyclic amines) is 1. The van der Waals surface area contributed by atoms with Crippen LogP contribution < -0.4 is 10.2 Å². The normalized spacial score (nSPS) is 31.3. The van der Waals surface area contributed by atoms with Crippen LogP contribution in [0.4, 0.5) is 5.69 Å². The zero-order valence-corrected chi connectivity index (χ0v) is 27.5. The molecule has 3 amide bonds. The molecule has 4 aliphatic rings. The second-order valence-corrected chi connectivity index (χ2v) is 13.2. The first-order valence-corrected chi connectivity index (χ1v) is 16.6. The Bertz CT molecular complexity index is 1560. The number of hydrogen-bond acceptors (Lipinski definition) is 7. The van der Waals surface area contributed by atoms with Crippen LogP contribution in [0.3, 0.4) is 0 Å². The standard InChI is InChI=1S/C34H35BrClN3O7/c1-2-22(19-40)39-30-32(43)38(23-14-12-21(36)13-15-23)16-8-4-7-11-26(41)37-18-25(20-9-5-3-6-10-20)45-33(44)27-28(31(39)42)34(30)17-24(35)29(27)46-34/h3-6,8-10,12-15,17,22,25,27-30,40H,2,7,11,16,18-19H2,1H3,(H,37,41)/b8-4-/t22-,25+,27+,28-,29+,30+,34-/m0/s1. The van der Waals surface area contributed by atoms with Crippen LogP contribution in [0.25, 0.3) is 0 Å². The number of hydrogen-bond donors (Lipinski definition) is 2. The van der Waals surface area contributed by atoms with Crippen LogP contribution in [-0.2, 0) is 28.7 Å². The quantitative estimate of drug-likeness (QED) is 0.354. The first-order valence-electron chi connectivity index (χ1n) is 15.4. The predicted octanol–water partition coefficient (Wildman–Crippen LogP) is 4.07. The van der Waals surface area contributed by atoms with Gasteiger partial charge in [0, 0.05) is 28.2 Å². The summed E-state index contributed by atoms with van der Waals surface area (Å²) in [7, 11) is 0. The highest BCUT2D eigenvalue weighted by Gasteiger charge is 2.75. The van der Waals surface area contributed by atoms with Crippen molar-refractivity contribution in [1.82, 2.24) is 10.2 Å². The van der Waals surface area contributed by atoms with Gasteiger partial charge in [-0.15, -0.1) is 0 Å². The number of fused-ring (bicyclic) bond motifs is 2. The van der Waals surface area contributed by atoms with Crippen LogP contribution in [0.15, 0.2) is 77.3 Å². The Morgan fingerprint density at radius 3 is 2.50 bits per heavy atom. The van der Waals surface area contributed by atoms with E-state index in [4.69, 9.17) is 21.1 Å². The van der Waals surface area contributed by atoms with Crippen molar-refractivity contribution < 1.29 is 33.8 Å². The Balaban J connectivity index is 1.47. The van der Waals surface area contributed by atoms with E-state index in [-0.39, 0.29) is 32.0 Å². The monoisotopic (exact) mass is 711 g/mol. The molecule has 12 heteroatoms. The summed E-state index contributed by atoms with van der Waals surface area (Å²) < 4.78 is 13.2. The summed E-state index contributed by atoms with van der Waals surface area (Å²) in [6.45, 7) is 1.62. The molecule has 2 fully saturated rings. The van der Waals surface area contributed by atoms with Gasteiger partial charge in [0.05, 0.1) is 25.1 Å². The largest absolute Gasteiger partial charge is 0.455 e. The number of esters is 1. The number of halogens is 2. The van der Waals surface area contributed by atoms with Crippen molar-refractivity contribution in [2.75, 3.05) is 24.6 Å². The molecule has 5 bridgehead atoms. The SMILES string of the molecule is CC[C@@H](CO)N1C(=O)[C@@H]2[C@H]3C(=O)O[C@@H](c4ccccc4)CNC(=O)CC/C=C\CN(c4ccc(Cl)cc4)C(=O)[C@@H]1[C@]21C=C(Br)[C@H]3O1. The number of amides is 3. The van der Waals surface area contributed by atoms with Gasteiger partial charge in [-0.05, 0) is 48.7 Å². The number of aliphatic hydroxyl groups is 1. The van der Waals surface area contributed by atoms with Gasteiger partial charge in [-0.2, -0.15) is 0 Å². The number of allylic oxidation sites excluding steroid dienone is 1. The van der Waals surface area contributed by atoms with Crippen LogP contribution in [0.1, 0.15) is 37.9 Å². The lowest BCUT2D eigenvalue weighted by molar-refractivity contribution is -0.160. The van der Waals surface area contributed by atoms with Gasteiger partial charge >= 0.3 is 5.97 Å². The highest BCUT2D eigenvalue weighted by atomic mass is 79.9. The molecule has 242 valence electrons. The zero-order chi connectivity index (χ0) is 32.6. The number of cyclic esters (lactones) is 1. The summed E-state index contributed by atoms with van der Waals surface area (Å²) >= 11 is 9.74. The minimum absolute atomic E-state index is 0.0390. The maximum atomic E-state index is 14.9. The van der Waals surface area contributed by atoms with Crippen molar-refractivity contribution in [2.45, 2.75) is 56.1 Å². The van der Waals surface area contributed by atoms with Gasteiger partial charge in [-0.3, -0.25) is 19.2 Å². The van der Waals surface area contributed by atoms with Gasteiger partial charge in [-0.1, -0.05) is 76.9 Å². The summed E-state index contributed by atoms with van der Waals surface area (Å²) in [6, 6.07) is 14.0. The van der Waals surface area contributed by atoms with Crippen molar-refractivity contribution in [2.24, 2.45) is 11.8 Å². The Morgan fingerprint density at radius 2 is 1.80 bits per heavy atom. The molecule has 0 aliphatic carbocycles. The Kier molecular flexibility index (Phi) is 9.38. The fourth-order valence-electron chi connectivity index (χ4n) is 7.03. The third-order valence-corrected chi connectivity index (χ3v) is 10.2. The van der Waals surface area contributed by atoms with Crippen LogP contribution in [0, 0.1) is 11.8 Å². The number of benzene rings is 2.